The maximum atomic E-state index is 11.8. The Labute approximate surface area is 128 Å². The number of hydrogen-bond acceptors (Lipinski definition) is 4. The first-order valence-corrected chi connectivity index (χ1v) is 7.18. The number of amides is 1. The van der Waals surface area contributed by atoms with E-state index in [4.69, 9.17) is 20.9 Å². The van der Waals surface area contributed by atoms with Gasteiger partial charge in [-0.05, 0) is 12.5 Å². The highest BCUT2D eigenvalue weighted by Gasteiger charge is 2.20. The fourth-order valence-corrected chi connectivity index (χ4v) is 2.03. The number of aryl methyl sites for hydroxylation is 1. The second kappa shape index (κ2) is 7.13. The van der Waals surface area contributed by atoms with Crippen molar-refractivity contribution in [2.75, 3.05) is 6.54 Å². The van der Waals surface area contributed by atoms with E-state index in [-0.39, 0.29) is 5.75 Å². The molecule has 1 N–H and O–H groups in total. The highest BCUT2D eigenvalue weighted by atomic mass is 35.5. The Morgan fingerprint density at radius 2 is 2.19 bits per heavy atom. The minimum atomic E-state index is -0.525. The van der Waals surface area contributed by atoms with E-state index < -0.39 is 6.09 Å². The molecular formula is C15H17ClN2O3. The predicted molar refractivity (Wildman–Crippen MR) is 80.6 cm³/mol. The lowest BCUT2D eigenvalue weighted by atomic mass is 10.1. The summed E-state index contributed by atoms with van der Waals surface area (Å²) in [5.41, 5.74) is 1.08. The monoisotopic (exact) mass is 308 g/mol. The SMILES string of the molecule is CCCCNC(=O)Oc1c(-c2ccccc2Cl)noc1C. The maximum Gasteiger partial charge on any atom is 0.412 e. The number of aromatic nitrogens is 1. The quantitative estimate of drug-likeness (QED) is 0.841. The van der Waals surface area contributed by atoms with Crippen LogP contribution in [0.2, 0.25) is 5.02 Å². The first-order chi connectivity index (χ1) is 10.1. The molecule has 0 fully saturated rings. The summed E-state index contributed by atoms with van der Waals surface area (Å²) in [6.07, 6.45) is 1.37. The van der Waals surface area contributed by atoms with Crippen LogP contribution in [0.5, 0.6) is 5.75 Å². The molecule has 0 saturated heterocycles. The summed E-state index contributed by atoms with van der Waals surface area (Å²) >= 11 is 6.14. The van der Waals surface area contributed by atoms with Crippen LogP contribution < -0.4 is 10.1 Å². The van der Waals surface area contributed by atoms with Crippen LogP contribution in [0.3, 0.4) is 0 Å². The van der Waals surface area contributed by atoms with E-state index in [0.717, 1.165) is 12.8 Å². The highest BCUT2D eigenvalue weighted by molar-refractivity contribution is 6.33. The van der Waals surface area contributed by atoms with Crippen molar-refractivity contribution in [3.05, 3.63) is 35.0 Å². The van der Waals surface area contributed by atoms with Crippen LogP contribution in [0.25, 0.3) is 11.3 Å². The lowest BCUT2D eigenvalue weighted by molar-refractivity contribution is 0.199. The molecule has 0 radical (unpaired) electrons. The summed E-state index contributed by atoms with van der Waals surface area (Å²) in [5, 5.41) is 7.13. The van der Waals surface area contributed by atoms with Crippen LogP contribution in [0.1, 0.15) is 25.5 Å². The number of rotatable bonds is 5. The molecule has 0 saturated carbocycles. The van der Waals surface area contributed by atoms with E-state index in [2.05, 4.69) is 10.5 Å². The molecule has 2 aromatic rings. The summed E-state index contributed by atoms with van der Waals surface area (Å²) in [4.78, 5) is 11.8. The topological polar surface area (TPSA) is 64.4 Å². The first kappa shape index (κ1) is 15.4. The minimum Gasteiger partial charge on any atom is -0.404 e. The van der Waals surface area contributed by atoms with Crippen molar-refractivity contribution in [2.45, 2.75) is 26.7 Å². The summed E-state index contributed by atoms with van der Waals surface area (Å²) in [7, 11) is 0. The summed E-state index contributed by atoms with van der Waals surface area (Å²) in [6, 6.07) is 7.18. The number of halogens is 1. The number of carbonyl (C=O) groups excluding carboxylic acids is 1. The zero-order chi connectivity index (χ0) is 15.2. The molecule has 0 unspecified atom stereocenters. The molecule has 0 aliphatic rings. The lowest BCUT2D eigenvalue weighted by Crippen LogP contribution is -2.27. The molecule has 1 aromatic carbocycles. The van der Waals surface area contributed by atoms with Gasteiger partial charge in [0, 0.05) is 19.0 Å². The number of ether oxygens (including phenoxy) is 1. The molecule has 1 aromatic heterocycles. The maximum absolute atomic E-state index is 11.8. The second-order valence-corrected chi connectivity index (χ2v) is 4.97. The van der Waals surface area contributed by atoms with Crippen molar-refractivity contribution >= 4 is 17.7 Å². The van der Waals surface area contributed by atoms with Gasteiger partial charge in [0.15, 0.2) is 11.5 Å². The van der Waals surface area contributed by atoms with Crippen LogP contribution in [0.4, 0.5) is 4.79 Å². The average Bonchev–Trinajstić information content (AvgIpc) is 2.81. The normalized spacial score (nSPS) is 10.4. The van der Waals surface area contributed by atoms with Crippen molar-refractivity contribution in [2.24, 2.45) is 0 Å². The van der Waals surface area contributed by atoms with E-state index in [1.54, 1.807) is 19.1 Å². The summed E-state index contributed by atoms with van der Waals surface area (Å²) in [5.74, 6) is 0.715. The number of benzene rings is 1. The molecule has 1 heterocycles. The van der Waals surface area contributed by atoms with Crippen LogP contribution in [-0.2, 0) is 0 Å². The van der Waals surface area contributed by atoms with Crippen LogP contribution in [0, 0.1) is 6.92 Å². The molecule has 0 aliphatic carbocycles. The van der Waals surface area contributed by atoms with Crippen molar-refractivity contribution in [3.63, 3.8) is 0 Å². The fraction of sp³-hybridized carbons (Fsp3) is 0.333. The van der Waals surface area contributed by atoms with Crippen LogP contribution in [-0.4, -0.2) is 17.8 Å². The fourth-order valence-electron chi connectivity index (χ4n) is 1.80. The van der Waals surface area contributed by atoms with Gasteiger partial charge in [0.05, 0.1) is 5.02 Å². The molecule has 5 nitrogen and oxygen atoms in total. The second-order valence-electron chi connectivity index (χ2n) is 4.57. The molecular weight excluding hydrogens is 292 g/mol. The Morgan fingerprint density at radius 1 is 1.43 bits per heavy atom. The van der Waals surface area contributed by atoms with E-state index in [0.29, 0.717) is 28.6 Å². The summed E-state index contributed by atoms with van der Waals surface area (Å²) < 4.78 is 10.4. The summed E-state index contributed by atoms with van der Waals surface area (Å²) in [6.45, 7) is 4.30. The van der Waals surface area contributed by atoms with Gasteiger partial charge in [0.1, 0.15) is 0 Å². The van der Waals surface area contributed by atoms with Gasteiger partial charge in [-0.15, -0.1) is 0 Å². The Morgan fingerprint density at radius 3 is 2.90 bits per heavy atom. The molecule has 2 rings (SSSR count). The molecule has 6 heteroatoms. The largest absolute Gasteiger partial charge is 0.412 e. The van der Waals surface area contributed by atoms with E-state index >= 15 is 0 Å². The molecule has 0 aliphatic heterocycles. The Balaban J connectivity index is 2.19. The molecule has 0 bridgehead atoms. The average molecular weight is 309 g/mol. The number of nitrogens with one attached hydrogen (secondary N) is 1. The molecule has 112 valence electrons. The van der Waals surface area contributed by atoms with Gasteiger partial charge < -0.3 is 14.6 Å². The number of hydrogen-bond donors (Lipinski definition) is 1. The van der Waals surface area contributed by atoms with Gasteiger partial charge >= 0.3 is 6.09 Å². The van der Waals surface area contributed by atoms with E-state index in [1.807, 2.05) is 19.1 Å². The highest BCUT2D eigenvalue weighted by Crippen LogP contribution is 2.36. The van der Waals surface area contributed by atoms with Gasteiger partial charge in [-0.3, -0.25) is 0 Å². The zero-order valence-electron chi connectivity index (χ0n) is 12.0. The van der Waals surface area contributed by atoms with E-state index in [1.165, 1.54) is 0 Å². The van der Waals surface area contributed by atoms with Crippen molar-refractivity contribution in [1.82, 2.24) is 10.5 Å². The van der Waals surface area contributed by atoms with Crippen LogP contribution >= 0.6 is 11.6 Å². The standard InChI is InChI=1S/C15H17ClN2O3/c1-3-4-9-17-15(19)20-14-10(2)21-18-13(14)11-7-5-6-8-12(11)16/h5-8H,3-4,9H2,1-2H3,(H,17,19). The number of unbranched alkanes of at least 4 members (excludes halogenated alkanes) is 1. The number of carbonyl (C=O) groups is 1. The third-order valence-electron chi connectivity index (χ3n) is 2.93. The van der Waals surface area contributed by atoms with Gasteiger partial charge in [0.25, 0.3) is 0 Å². The Bertz CT molecular complexity index is 625. The predicted octanol–water partition coefficient (Wildman–Crippen LogP) is 4.19. The van der Waals surface area contributed by atoms with Gasteiger partial charge in [-0.2, -0.15) is 0 Å². The van der Waals surface area contributed by atoms with Crippen LogP contribution in [0.15, 0.2) is 28.8 Å². The van der Waals surface area contributed by atoms with E-state index in [9.17, 15) is 4.79 Å². The molecule has 0 atom stereocenters. The number of nitrogens with zero attached hydrogens (tertiary/aromatic N) is 1. The van der Waals surface area contributed by atoms with Crippen molar-refractivity contribution in [3.8, 4) is 17.0 Å². The van der Waals surface area contributed by atoms with Gasteiger partial charge in [-0.25, -0.2) is 4.79 Å². The first-order valence-electron chi connectivity index (χ1n) is 6.80. The Hall–Kier alpha value is -2.01. The van der Waals surface area contributed by atoms with Gasteiger partial charge in [0.2, 0.25) is 5.75 Å². The van der Waals surface area contributed by atoms with Gasteiger partial charge in [-0.1, -0.05) is 48.3 Å². The third kappa shape index (κ3) is 3.76. The lowest BCUT2D eigenvalue weighted by Gasteiger charge is -2.07. The molecule has 0 spiro atoms. The third-order valence-corrected chi connectivity index (χ3v) is 3.26. The molecule has 1 amide bonds. The zero-order valence-corrected chi connectivity index (χ0v) is 12.7. The molecule has 21 heavy (non-hydrogen) atoms. The van der Waals surface area contributed by atoms with Crippen molar-refractivity contribution in [1.29, 1.82) is 0 Å². The van der Waals surface area contributed by atoms with Crippen molar-refractivity contribution < 1.29 is 14.1 Å². The Kier molecular flexibility index (Phi) is 5.22. The smallest absolute Gasteiger partial charge is 0.404 e. The minimum absolute atomic E-state index is 0.289.